The molecule has 0 radical (unpaired) electrons. The Kier molecular flexibility index (Phi) is 6.21. The van der Waals surface area contributed by atoms with Crippen molar-refractivity contribution in [3.63, 3.8) is 0 Å². The first-order valence-corrected chi connectivity index (χ1v) is 8.69. The highest BCUT2D eigenvalue weighted by atomic mass is 19.1. The van der Waals surface area contributed by atoms with Crippen LogP contribution in [0.1, 0.15) is 12.0 Å². The first-order chi connectivity index (χ1) is 11.8. The summed E-state index contributed by atoms with van der Waals surface area (Å²) in [5, 5.41) is 3.45. The van der Waals surface area contributed by atoms with Gasteiger partial charge in [0.2, 0.25) is 0 Å². The van der Waals surface area contributed by atoms with Crippen LogP contribution < -0.4 is 10.1 Å². The van der Waals surface area contributed by atoms with Crippen LogP contribution in [0.25, 0.3) is 0 Å². The first kappa shape index (κ1) is 16.9. The monoisotopic (exact) mass is 328 g/mol. The van der Waals surface area contributed by atoms with Crippen LogP contribution in [0, 0.1) is 5.82 Å². The van der Waals surface area contributed by atoms with Crippen LogP contribution >= 0.6 is 0 Å². The molecule has 3 rings (SSSR count). The van der Waals surface area contributed by atoms with E-state index in [-0.39, 0.29) is 5.82 Å². The Morgan fingerprint density at radius 1 is 1.08 bits per heavy atom. The van der Waals surface area contributed by atoms with Crippen molar-refractivity contribution in [3.05, 3.63) is 66.0 Å². The summed E-state index contributed by atoms with van der Waals surface area (Å²) in [6.45, 7) is 4.55. The third-order valence-electron chi connectivity index (χ3n) is 4.56. The largest absolute Gasteiger partial charge is 0.494 e. The molecule has 2 aromatic rings. The topological polar surface area (TPSA) is 24.5 Å². The lowest BCUT2D eigenvalue weighted by Crippen LogP contribution is -2.52. The fraction of sp³-hybridized carbons (Fsp3) is 0.400. The summed E-state index contributed by atoms with van der Waals surface area (Å²) in [7, 11) is 0. The molecule has 1 N–H and O–H groups in total. The number of ether oxygens (including phenoxy) is 1. The fourth-order valence-corrected chi connectivity index (χ4v) is 3.18. The van der Waals surface area contributed by atoms with Crippen LogP contribution in [0.5, 0.6) is 5.75 Å². The number of hydrogen-bond donors (Lipinski definition) is 1. The van der Waals surface area contributed by atoms with E-state index in [1.54, 1.807) is 6.07 Å². The van der Waals surface area contributed by atoms with Gasteiger partial charge in [0.15, 0.2) is 0 Å². The van der Waals surface area contributed by atoms with Gasteiger partial charge in [-0.25, -0.2) is 4.39 Å². The van der Waals surface area contributed by atoms with Gasteiger partial charge in [-0.05, 0) is 36.6 Å². The van der Waals surface area contributed by atoms with Gasteiger partial charge >= 0.3 is 0 Å². The third-order valence-corrected chi connectivity index (χ3v) is 4.56. The van der Waals surface area contributed by atoms with Gasteiger partial charge in [-0.2, -0.15) is 0 Å². The highest BCUT2D eigenvalue weighted by Crippen LogP contribution is 2.14. The lowest BCUT2D eigenvalue weighted by Gasteiger charge is -2.36. The molecule has 0 bridgehead atoms. The molecule has 2 aromatic carbocycles. The Hall–Kier alpha value is -1.91. The summed E-state index contributed by atoms with van der Waals surface area (Å²) < 4.78 is 19.6. The van der Waals surface area contributed by atoms with Crippen molar-refractivity contribution < 1.29 is 9.13 Å². The fourth-order valence-electron chi connectivity index (χ4n) is 3.18. The molecule has 24 heavy (non-hydrogen) atoms. The number of piperazine rings is 1. The molecule has 1 fully saturated rings. The predicted octanol–water partition coefficient (Wildman–Crippen LogP) is 3.11. The molecule has 0 aliphatic carbocycles. The van der Waals surface area contributed by atoms with Crippen molar-refractivity contribution >= 4 is 0 Å². The Morgan fingerprint density at radius 3 is 2.71 bits per heavy atom. The van der Waals surface area contributed by atoms with Crippen LogP contribution in [0.15, 0.2) is 54.6 Å². The highest BCUT2D eigenvalue weighted by molar-refractivity contribution is 5.21. The Balaban J connectivity index is 1.49. The molecule has 3 nitrogen and oxygen atoms in total. The van der Waals surface area contributed by atoms with Crippen molar-refractivity contribution in [1.29, 1.82) is 0 Å². The molecule has 1 atom stereocenters. The van der Waals surface area contributed by atoms with Gasteiger partial charge in [-0.3, -0.25) is 4.90 Å². The number of rotatable bonds is 7. The van der Waals surface area contributed by atoms with Gasteiger partial charge in [-0.15, -0.1) is 0 Å². The lowest BCUT2D eigenvalue weighted by molar-refractivity contribution is 0.136. The summed E-state index contributed by atoms with van der Waals surface area (Å²) in [5.41, 5.74) is 0.801. The van der Waals surface area contributed by atoms with E-state index in [9.17, 15) is 4.39 Å². The lowest BCUT2D eigenvalue weighted by atomic mass is 10.1. The second kappa shape index (κ2) is 8.81. The number of hydrogen-bond acceptors (Lipinski definition) is 3. The molecule has 0 spiro atoms. The van der Waals surface area contributed by atoms with Crippen LogP contribution in [-0.2, 0) is 6.42 Å². The zero-order valence-corrected chi connectivity index (χ0v) is 14.0. The summed E-state index contributed by atoms with van der Waals surface area (Å²) in [6, 6.07) is 17.4. The molecule has 4 heteroatoms. The van der Waals surface area contributed by atoms with Crippen LogP contribution in [0.2, 0.25) is 0 Å². The van der Waals surface area contributed by atoms with Gasteiger partial charge < -0.3 is 10.1 Å². The maximum absolute atomic E-state index is 13.8. The van der Waals surface area contributed by atoms with Crippen molar-refractivity contribution in [3.8, 4) is 5.75 Å². The number of nitrogens with zero attached hydrogens (tertiary/aromatic N) is 1. The molecule has 1 aliphatic rings. The highest BCUT2D eigenvalue weighted by Gasteiger charge is 2.22. The van der Waals surface area contributed by atoms with Crippen molar-refractivity contribution in [2.75, 3.05) is 32.8 Å². The van der Waals surface area contributed by atoms with E-state index in [0.29, 0.717) is 12.6 Å². The number of halogens is 1. The van der Waals surface area contributed by atoms with E-state index in [2.05, 4.69) is 10.2 Å². The molecule has 1 aliphatic heterocycles. The maximum Gasteiger partial charge on any atom is 0.126 e. The first-order valence-electron chi connectivity index (χ1n) is 8.69. The van der Waals surface area contributed by atoms with E-state index in [1.807, 2.05) is 42.5 Å². The van der Waals surface area contributed by atoms with E-state index in [1.165, 1.54) is 6.07 Å². The van der Waals surface area contributed by atoms with Crippen molar-refractivity contribution in [2.24, 2.45) is 0 Å². The number of nitrogens with one attached hydrogen (secondary N) is 1. The summed E-state index contributed by atoms with van der Waals surface area (Å²) in [4.78, 5) is 2.46. The molecular formula is C20H25FN2O. The standard InChI is InChI=1S/C20H25FN2O/c21-20-9-5-4-6-17(20)10-13-23-14-12-22-16-18(23)11-15-24-19-7-2-1-3-8-19/h1-9,18,22H,10-16H2. The van der Waals surface area contributed by atoms with E-state index in [0.717, 1.165) is 50.3 Å². The van der Waals surface area contributed by atoms with Gasteiger partial charge in [-0.1, -0.05) is 36.4 Å². The molecule has 128 valence electrons. The summed E-state index contributed by atoms with van der Waals surface area (Å²) in [5.74, 6) is 0.816. The zero-order valence-electron chi connectivity index (χ0n) is 14.0. The molecule has 1 heterocycles. The summed E-state index contributed by atoms with van der Waals surface area (Å²) in [6.07, 6.45) is 1.72. The van der Waals surface area contributed by atoms with Crippen molar-refractivity contribution in [2.45, 2.75) is 18.9 Å². The van der Waals surface area contributed by atoms with E-state index < -0.39 is 0 Å². The molecule has 0 amide bonds. The van der Waals surface area contributed by atoms with Crippen molar-refractivity contribution in [1.82, 2.24) is 10.2 Å². The van der Waals surface area contributed by atoms with Gasteiger partial charge in [0.25, 0.3) is 0 Å². The minimum Gasteiger partial charge on any atom is -0.494 e. The molecule has 1 unspecified atom stereocenters. The minimum atomic E-state index is -0.100. The molecule has 0 aromatic heterocycles. The third kappa shape index (κ3) is 4.79. The molecule has 0 saturated carbocycles. The second-order valence-electron chi connectivity index (χ2n) is 6.19. The Labute approximate surface area is 143 Å². The Bertz CT molecular complexity index is 620. The Morgan fingerprint density at radius 2 is 1.88 bits per heavy atom. The van der Waals surface area contributed by atoms with E-state index in [4.69, 9.17) is 4.74 Å². The van der Waals surface area contributed by atoms with Gasteiger partial charge in [0.1, 0.15) is 11.6 Å². The minimum absolute atomic E-state index is 0.100. The number of benzene rings is 2. The van der Waals surface area contributed by atoms with Gasteiger partial charge in [0.05, 0.1) is 6.61 Å². The quantitative estimate of drug-likeness (QED) is 0.845. The maximum atomic E-state index is 13.8. The van der Waals surface area contributed by atoms with E-state index >= 15 is 0 Å². The normalized spacial score (nSPS) is 18.5. The number of para-hydroxylation sites is 1. The zero-order chi connectivity index (χ0) is 16.6. The molecule has 1 saturated heterocycles. The van der Waals surface area contributed by atoms with Crippen LogP contribution in [0.3, 0.4) is 0 Å². The summed E-state index contributed by atoms with van der Waals surface area (Å²) >= 11 is 0. The predicted molar refractivity (Wildman–Crippen MR) is 94.9 cm³/mol. The average Bonchev–Trinajstić information content (AvgIpc) is 2.63. The SMILES string of the molecule is Fc1ccccc1CCN1CCNCC1CCOc1ccccc1. The second-order valence-corrected chi connectivity index (χ2v) is 6.19. The smallest absolute Gasteiger partial charge is 0.126 e. The molecular weight excluding hydrogens is 303 g/mol. The van der Waals surface area contributed by atoms with Crippen LogP contribution in [-0.4, -0.2) is 43.7 Å². The van der Waals surface area contributed by atoms with Crippen LogP contribution in [0.4, 0.5) is 4.39 Å². The average molecular weight is 328 g/mol. The van der Waals surface area contributed by atoms with Gasteiger partial charge in [0, 0.05) is 32.2 Å².